The number of aromatic amines is 1. The Balaban J connectivity index is 1.59. The van der Waals surface area contributed by atoms with Gasteiger partial charge in [-0.1, -0.05) is 41.4 Å². The number of carbonyl (C=O) groups excluding carboxylic acids is 1. The lowest BCUT2D eigenvalue weighted by Crippen LogP contribution is -2.23. The fraction of sp³-hybridized carbons (Fsp3) is 0.200. The first kappa shape index (κ1) is 18.7. The monoisotopic (exact) mass is 417 g/mol. The lowest BCUT2D eigenvalue weighted by atomic mass is 9.87. The van der Waals surface area contributed by atoms with Crippen molar-refractivity contribution in [2.24, 2.45) is 0 Å². The summed E-state index contributed by atoms with van der Waals surface area (Å²) in [6, 6.07) is 11.1. The van der Waals surface area contributed by atoms with Gasteiger partial charge < -0.3 is 14.8 Å². The number of anilines is 1. The number of hydrogen-bond acceptors (Lipinski definition) is 4. The van der Waals surface area contributed by atoms with Crippen LogP contribution in [0.3, 0.4) is 0 Å². The van der Waals surface area contributed by atoms with E-state index in [4.69, 9.17) is 32.7 Å². The molecule has 8 heteroatoms. The van der Waals surface area contributed by atoms with Gasteiger partial charge in [0.2, 0.25) is 5.91 Å². The van der Waals surface area contributed by atoms with Crippen LogP contribution in [0.15, 0.2) is 42.6 Å². The van der Waals surface area contributed by atoms with Crippen LogP contribution in [0.5, 0.6) is 11.5 Å². The van der Waals surface area contributed by atoms with E-state index < -0.39 is 0 Å². The first-order valence-electron chi connectivity index (χ1n) is 8.63. The minimum atomic E-state index is -0.104. The Hall–Kier alpha value is -2.70. The molecule has 1 aliphatic heterocycles. The molecule has 0 fully saturated rings. The Morgan fingerprint density at radius 1 is 1.21 bits per heavy atom. The SMILES string of the molecule is COc1cc(C2CC(=O)Nc3[nH]ncc32)ccc1OCc1cccc(Cl)c1Cl. The summed E-state index contributed by atoms with van der Waals surface area (Å²) >= 11 is 12.3. The van der Waals surface area contributed by atoms with E-state index in [0.29, 0.717) is 33.8 Å². The van der Waals surface area contributed by atoms with Crippen LogP contribution in [0.4, 0.5) is 5.82 Å². The van der Waals surface area contributed by atoms with Gasteiger partial charge in [-0.05, 0) is 23.8 Å². The summed E-state index contributed by atoms with van der Waals surface area (Å²) in [5.41, 5.74) is 2.68. The predicted molar refractivity (Wildman–Crippen MR) is 107 cm³/mol. The van der Waals surface area contributed by atoms with Crippen molar-refractivity contribution in [3.63, 3.8) is 0 Å². The third-order valence-electron chi connectivity index (χ3n) is 4.70. The van der Waals surface area contributed by atoms with Gasteiger partial charge in [-0.25, -0.2) is 0 Å². The first-order valence-corrected chi connectivity index (χ1v) is 9.39. The third-order valence-corrected chi connectivity index (χ3v) is 5.56. The highest BCUT2D eigenvalue weighted by atomic mass is 35.5. The van der Waals surface area contributed by atoms with E-state index in [2.05, 4.69) is 15.5 Å². The van der Waals surface area contributed by atoms with Crippen molar-refractivity contribution in [3.8, 4) is 11.5 Å². The Kier molecular flexibility index (Phi) is 5.15. The number of aromatic nitrogens is 2. The molecule has 2 heterocycles. The lowest BCUT2D eigenvalue weighted by Gasteiger charge is -2.23. The molecule has 1 unspecified atom stereocenters. The van der Waals surface area contributed by atoms with E-state index in [-0.39, 0.29) is 18.4 Å². The number of amides is 1. The van der Waals surface area contributed by atoms with Crippen LogP contribution in [0.25, 0.3) is 0 Å². The molecular formula is C20H17Cl2N3O3. The van der Waals surface area contributed by atoms with Crippen molar-refractivity contribution < 1.29 is 14.3 Å². The van der Waals surface area contributed by atoms with Crippen LogP contribution in [0.2, 0.25) is 10.0 Å². The Bertz CT molecular complexity index is 1040. The number of fused-ring (bicyclic) bond motifs is 1. The van der Waals surface area contributed by atoms with Crippen LogP contribution >= 0.6 is 23.2 Å². The molecule has 28 heavy (non-hydrogen) atoms. The summed E-state index contributed by atoms with van der Waals surface area (Å²) in [5, 5.41) is 10.6. The molecule has 0 bridgehead atoms. The Morgan fingerprint density at radius 2 is 2.07 bits per heavy atom. The molecule has 1 atom stereocenters. The van der Waals surface area contributed by atoms with E-state index in [1.807, 2.05) is 30.3 Å². The summed E-state index contributed by atoms with van der Waals surface area (Å²) in [6.45, 7) is 0.257. The topological polar surface area (TPSA) is 76.2 Å². The molecule has 0 spiro atoms. The molecule has 144 valence electrons. The zero-order valence-corrected chi connectivity index (χ0v) is 16.5. The molecule has 1 amide bonds. The molecular weight excluding hydrogens is 401 g/mol. The van der Waals surface area contributed by atoms with Gasteiger partial charge in [0.15, 0.2) is 11.5 Å². The quantitative estimate of drug-likeness (QED) is 0.626. The van der Waals surface area contributed by atoms with E-state index in [1.165, 1.54) is 0 Å². The first-order chi connectivity index (χ1) is 13.6. The number of carbonyl (C=O) groups is 1. The molecule has 1 aromatic heterocycles. The summed E-state index contributed by atoms with van der Waals surface area (Å²) in [4.78, 5) is 12.0. The van der Waals surface area contributed by atoms with E-state index in [0.717, 1.165) is 16.7 Å². The summed E-state index contributed by atoms with van der Waals surface area (Å²) in [5.74, 6) is 1.63. The van der Waals surface area contributed by atoms with Crippen LogP contribution in [0.1, 0.15) is 29.0 Å². The van der Waals surface area contributed by atoms with Crippen LogP contribution in [-0.2, 0) is 11.4 Å². The van der Waals surface area contributed by atoms with Crippen molar-refractivity contribution >= 4 is 34.9 Å². The highest BCUT2D eigenvalue weighted by Crippen LogP contribution is 2.39. The molecule has 2 N–H and O–H groups in total. The number of nitrogens with zero attached hydrogens (tertiary/aromatic N) is 1. The molecule has 0 saturated carbocycles. The number of rotatable bonds is 5. The number of benzene rings is 2. The predicted octanol–water partition coefficient (Wildman–Crippen LogP) is 4.78. The van der Waals surface area contributed by atoms with Gasteiger partial charge >= 0.3 is 0 Å². The number of methoxy groups -OCH3 is 1. The number of nitrogens with one attached hydrogen (secondary N) is 2. The Morgan fingerprint density at radius 3 is 2.89 bits per heavy atom. The van der Waals surface area contributed by atoms with Crippen LogP contribution < -0.4 is 14.8 Å². The smallest absolute Gasteiger partial charge is 0.226 e. The third kappa shape index (κ3) is 3.53. The van der Waals surface area contributed by atoms with Crippen molar-refractivity contribution in [1.82, 2.24) is 10.2 Å². The summed E-state index contributed by atoms with van der Waals surface area (Å²) in [7, 11) is 1.58. The standard InChI is InChI=1S/C20H17Cl2N3O3/c1-27-17-7-11(13-8-18(26)24-20-14(13)9-23-25-20)5-6-16(17)28-10-12-3-2-4-15(21)19(12)22/h2-7,9,13H,8,10H2,1H3,(H2,23,24,25,26). The normalized spacial score (nSPS) is 15.7. The van der Waals surface area contributed by atoms with Gasteiger partial charge in [-0.2, -0.15) is 5.10 Å². The maximum atomic E-state index is 12.0. The fourth-order valence-electron chi connectivity index (χ4n) is 3.28. The van der Waals surface area contributed by atoms with Crippen molar-refractivity contribution in [2.75, 3.05) is 12.4 Å². The molecule has 1 aliphatic rings. The van der Waals surface area contributed by atoms with Crippen LogP contribution in [-0.4, -0.2) is 23.2 Å². The van der Waals surface area contributed by atoms with Gasteiger partial charge in [0.05, 0.1) is 23.4 Å². The number of ether oxygens (including phenoxy) is 2. The maximum Gasteiger partial charge on any atom is 0.226 e. The van der Waals surface area contributed by atoms with E-state index in [9.17, 15) is 4.79 Å². The van der Waals surface area contributed by atoms with Gasteiger partial charge in [-0.3, -0.25) is 9.89 Å². The van der Waals surface area contributed by atoms with E-state index in [1.54, 1.807) is 19.4 Å². The molecule has 0 radical (unpaired) electrons. The van der Waals surface area contributed by atoms with Crippen LogP contribution in [0, 0.1) is 0 Å². The second kappa shape index (κ2) is 7.73. The minimum absolute atomic E-state index is 0.0587. The zero-order valence-electron chi connectivity index (χ0n) is 15.0. The van der Waals surface area contributed by atoms with Gasteiger partial charge in [0, 0.05) is 23.5 Å². The van der Waals surface area contributed by atoms with Crippen molar-refractivity contribution in [3.05, 3.63) is 69.3 Å². The van der Waals surface area contributed by atoms with Gasteiger partial charge in [0.25, 0.3) is 0 Å². The average Bonchev–Trinajstić information content (AvgIpc) is 3.16. The van der Waals surface area contributed by atoms with Gasteiger partial charge in [0.1, 0.15) is 12.4 Å². The van der Waals surface area contributed by atoms with E-state index >= 15 is 0 Å². The lowest BCUT2D eigenvalue weighted by molar-refractivity contribution is -0.116. The zero-order chi connectivity index (χ0) is 19.7. The molecule has 3 aromatic rings. The number of halogens is 2. The fourth-order valence-corrected chi connectivity index (χ4v) is 3.65. The summed E-state index contributed by atoms with van der Waals surface area (Å²) < 4.78 is 11.4. The number of H-pyrrole nitrogens is 1. The Labute approximate surface area is 171 Å². The maximum absolute atomic E-state index is 12.0. The van der Waals surface area contributed by atoms with Crippen molar-refractivity contribution in [1.29, 1.82) is 0 Å². The summed E-state index contributed by atoms with van der Waals surface area (Å²) in [6.07, 6.45) is 2.07. The van der Waals surface area contributed by atoms with Gasteiger partial charge in [-0.15, -0.1) is 0 Å². The highest BCUT2D eigenvalue weighted by molar-refractivity contribution is 6.42. The molecule has 6 nitrogen and oxygen atoms in total. The van der Waals surface area contributed by atoms with Crippen molar-refractivity contribution in [2.45, 2.75) is 18.9 Å². The largest absolute Gasteiger partial charge is 0.493 e. The molecule has 4 rings (SSSR count). The average molecular weight is 418 g/mol. The molecule has 2 aromatic carbocycles. The number of hydrogen-bond donors (Lipinski definition) is 2. The second-order valence-corrected chi connectivity index (χ2v) is 7.20. The second-order valence-electron chi connectivity index (χ2n) is 6.42. The minimum Gasteiger partial charge on any atom is -0.493 e. The highest BCUT2D eigenvalue weighted by Gasteiger charge is 2.28. The molecule has 0 aliphatic carbocycles. The molecule has 0 saturated heterocycles.